The van der Waals surface area contributed by atoms with E-state index in [1.54, 1.807) is 0 Å². The van der Waals surface area contributed by atoms with Gasteiger partial charge < -0.3 is 0 Å². The van der Waals surface area contributed by atoms with Crippen molar-refractivity contribution in [1.82, 2.24) is 4.98 Å². The van der Waals surface area contributed by atoms with Crippen LogP contribution in [-0.4, -0.2) is 4.98 Å². The smallest absolute Gasteiger partial charge is 0.0432 e. The molecule has 1 rings (SSSR count). The standard InChI is InChI=1S/C9H12BrN/c1-6(2)9-4-7(3)8(10)5-11-9/h4-6H,1-3H3/i1D3,2D3,3D3,6D. The second-order valence-corrected chi connectivity index (χ2v) is 2.78. The van der Waals surface area contributed by atoms with Crippen molar-refractivity contribution in [3.63, 3.8) is 0 Å². The lowest BCUT2D eigenvalue weighted by atomic mass is 10.1. The Morgan fingerprint density at radius 3 is 3.18 bits per heavy atom. The van der Waals surface area contributed by atoms with Gasteiger partial charge in [0.15, 0.2) is 0 Å². The van der Waals surface area contributed by atoms with Gasteiger partial charge in [-0.25, -0.2) is 0 Å². The van der Waals surface area contributed by atoms with Crippen LogP contribution in [0.5, 0.6) is 0 Å². The summed E-state index contributed by atoms with van der Waals surface area (Å²) in [4.78, 5) is 3.65. The van der Waals surface area contributed by atoms with E-state index >= 15 is 0 Å². The molecule has 0 aliphatic heterocycles. The molecule has 1 nitrogen and oxygen atoms in total. The molecule has 1 aromatic rings. The molecule has 0 N–H and O–H groups in total. The molecule has 0 spiro atoms. The van der Waals surface area contributed by atoms with Gasteiger partial charge in [-0.1, -0.05) is 13.7 Å². The van der Waals surface area contributed by atoms with Crippen LogP contribution in [0.25, 0.3) is 0 Å². The first-order valence-electron chi connectivity index (χ1n) is 7.79. The first-order chi connectivity index (χ1) is 9.12. The van der Waals surface area contributed by atoms with Gasteiger partial charge in [0.05, 0.1) is 0 Å². The fourth-order valence-electron chi connectivity index (χ4n) is 0.575. The highest BCUT2D eigenvalue weighted by atomic mass is 79.9. The topological polar surface area (TPSA) is 12.9 Å². The highest BCUT2D eigenvalue weighted by molar-refractivity contribution is 9.10. The van der Waals surface area contributed by atoms with E-state index in [0.29, 0.717) is 0 Å². The van der Waals surface area contributed by atoms with Gasteiger partial charge in [-0.15, -0.1) is 0 Å². The summed E-state index contributed by atoms with van der Waals surface area (Å²) < 4.78 is 74.2. The molecule has 0 unspecified atom stereocenters. The zero-order valence-corrected chi connectivity index (χ0v) is 7.07. The highest BCUT2D eigenvalue weighted by Gasteiger charge is 2.01. The van der Waals surface area contributed by atoms with Gasteiger partial charge in [0.1, 0.15) is 0 Å². The van der Waals surface area contributed by atoms with Crippen molar-refractivity contribution in [2.75, 3.05) is 0 Å². The predicted molar refractivity (Wildman–Crippen MR) is 50.8 cm³/mol. The Morgan fingerprint density at radius 1 is 1.73 bits per heavy atom. The summed E-state index contributed by atoms with van der Waals surface area (Å²) in [5, 5.41) is 0. The molecule has 1 heterocycles. The molecule has 0 aliphatic carbocycles. The second-order valence-electron chi connectivity index (χ2n) is 1.92. The molecule has 2 heteroatoms. The molecular weight excluding hydrogens is 202 g/mol. The Kier molecular flexibility index (Phi) is 0.706. The minimum Gasteiger partial charge on any atom is -0.260 e. The molecular formula is C9H12BrN. The van der Waals surface area contributed by atoms with E-state index in [4.69, 9.17) is 13.7 Å². The van der Waals surface area contributed by atoms with Gasteiger partial charge in [0.25, 0.3) is 0 Å². The zero-order chi connectivity index (χ0) is 16.9. The number of nitrogens with zero attached hydrogens (tertiary/aromatic N) is 1. The molecule has 11 heavy (non-hydrogen) atoms. The molecule has 0 fully saturated rings. The van der Waals surface area contributed by atoms with Crippen LogP contribution in [0, 0.1) is 6.85 Å². The van der Waals surface area contributed by atoms with Crippen molar-refractivity contribution in [3.8, 4) is 0 Å². The van der Waals surface area contributed by atoms with Gasteiger partial charge in [0, 0.05) is 30.1 Å². The van der Waals surface area contributed by atoms with E-state index in [-0.39, 0.29) is 10.0 Å². The summed E-state index contributed by atoms with van der Waals surface area (Å²) in [5.74, 6) is -3.01. The van der Waals surface area contributed by atoms with Crippen molar-refractivity contribution in [1.29, 1.82) is 0 Å². The number of pyridine rings is 1. The summed E-state index contributed by atoms with van der Waals surface area (Å²) in [5.41, 5.74) is -0.922. The van der Waals surface area contributed by atoms with Crippen molar-refractivity contribution in [2.24, 2.45) is 0 Å². The van der Waals surface area contributed by atoms with Crippen LogP contribution >= 0.6 is 15.9 Å². The lowest BCUT2D eigenvalue weighted by Crippen LogP contribution is -1.92. The van der Waals surface area contributed by atoms with Crippen molar-refractivity contribution >= 4 is 15.9 Å². The van der Waals surface area contributed by atoms with Crippen LogP contribution in [-0.2, 0) is 0 Å². The maximum Gasteiger partial charge on any atom is 0.0432 e. The minimum atomic E-state index is -3.20. The van der Waals surface area contributed by atoms with Crippen LogP contribution in [0.2, 0.25) is 0 Å². The Hall–Kier alpha value is -0.370. The Bertz CT molecular complexity index is 515. The molecule has 60 valence electrons. The monoisotopic (exact) mass is 223 g/mol. The van der Waals surface area contributed by atoms with Crippen molar-refractivity contribution in [2.45, 2.75) is 26.4 Å². The van der Waals surface area contributed by atoms with Crippen LogP contribution < -0.4 is 0 Å². The van der Waals surface area contributed by atoms with Crippen LogP contribution in [0.15, 0.2) is 16.7 Å². The molecule has 0 atom stereocenters. The first kappa shape index (κ1) is 2.32. The van der Waals surface area contributed by atoms with E-state index < -0.39 is 32.1 Å². The van der Waals surface area contributed by atoms with Gasteiger partial charge in [-0.2, -0.15) is 0 Å². The number of hydrogen-bond acceptors (Lipinski definition) is 1. The maximum absolute atomic E-state index is 7.95. The predicted octanol–water partition coefficient (Wildman–Crippen LogP) is 3.28. The van der Waals surface area contributed by atoms with Crippen molar-refractivity contribution < 1.29 is 13.7 Å². The summed E-state index contributed by atoms with van der Waals surface area (Å²) >= 11 is 2.97. The molecule has 0 aliphatic rings. The van der Waals surface area contributed by atoms with Gasteiger partial charge in [-0.05, 0) is 40.3 Å². The lowest BCUT2D eigenvalue weighted by molar-refractivity contribution is 0.819. The molecule has 0 radical (unpaired) electrons. The Balaban J connectivity index is 3.64. The normalized spacial score (nSPS) is 28.5. The average Bonchev–Trinajstić information content (AvgIpc) is 2.23. The van der Waals surface area contributed by atoms with Gasteiger partial charge in [0.2, 0.25) is 0 Å². The molecule has 0 amide bonds. The molecule has 0 bridgehead atoms. The molecule has 0 aromatic carbocycles. The summed E-state index contributed by atoms with van der Waals surface area (Å²) in [6.07, 6.45) is 0.998. The fourth-order valence-corrected chi connectivity index (χ4v) is 0.792. The maximum atomic E-state index is 7.95. The summed E-state index contributed by atoms with van der Waals surface area (Å²) in [7, 11) is 0. The number of aryl methyl sites for hydroxylation is 1. The Labute approximate surface area is 90.0 Å². The lowest BCUT2D eigenvalue weighted by Gasteiger charge is -2.05. The molecule has 1 aromatic heterocycles. The summed E-state index contributed by atoms with van der Waals surface area (Å²) in [6.45, 7) is -9.00. The van der Waals surface area contributed by atoms with E-state index in [2.05, 4.69) is 20.9 Å². The van der Waals surface area contributed by atoms with Crippen LogP contribution in [0.3, 0.4) is 0 Å². The van der Waals surface area contributed by atoms with Crippen LogP contribution in [0.1, 0.15) is 44.6 Å². The van der Waals surface area contributed by atoms with Crippen molar-refractivity contribution in [3.05, 3.63) is 28.0 Å². The van der Waals surface area contributed by atoms with Gasteiger partial charge >= 0.3 is 0 Å². The first-order valence-corrected chi connectivity index (χ1v) is 3.58. The van der Waals surface area contributed by atoms with Gasteiger partial charge in [-0.3, -0.25) is 4.98 Å². The quantitative estimate of drug-likeness (QED) is 0.713. The zero-order valence-electron chi connectivity index (χ0n) is 15.5. The van der Waals surface area contributed by atoms with E-state index in [1.165, 1.54) is 0 Å². The van der Waals surface area contributed by atoms with Crippen LogP contribution in [0.4, 0.5) is 0 Å². The van der Waals surface area contributed by atoms with E-state index in [9.17, 15) is 0 Å². The molecule has 0 saturated carbocycles. The minimum absolute atomic E-state index is 0.0877. The third kappa shape index (κ3) is 2.03. The largest absolute Gasteiger partial charge is 0.260 e. The number of halogens is 1. The second kappa shape index (κ2) is 3.35. The summed E-state index contributed by atoms with van der Waals surface area (Å²) in [6, 6.07) is 0.836. The third-order valence-corrected chi connectivity index (χ3v) is 1.74. The highest BCUT2D eigenvalue weighted by Crippen LogP contribution is 2.18. The number of aromatic nitrogens is 1. The number of hydrogen-bond donors (Lipinski definition) is 0. The fraction of sp³-hybridized carbons (Fsp3) is 0.444. The Morgan fingerprint density at radius 2 is 2.55 bits per heavy atom. The average molecular weight is 224 g/mol. The SMILES string of the molecule is [2H]C([2H])([2H])c1cc(C([2H])(C([2H])([2H])[2H])C([2H])([2H])[2H])ncc1Br. The molecule has 0 saturated heterocycles. The number of rotatable bonds is 1. The van der Waals surface area contributed by atoms with E-state index in [1.807, 2.05) is 0 Å². The van der Waals surface area contributed by atoms with E-state index in [0.717, 1.165) is 12.3 Å². The third-order valence-electron chi connectivity index (χ3n) is 1.11.